The van der Waals surface area contributed by atoms with Crippen LogP contribution >= 0.6 is 9.90 Å². The molecule has 5 rings (SSSR count). The topological polar surface area (TPSA) is 101 Å². The molecule has 0 spiro atoms. The fourth-order valence-electron chi connectivity index (χ4n) is 5.54. The zero-order valence-electron chi connectivity index (χ0n) is 27.1. The summed E-state index contributed by atoms with van der Waals surface area (Å²) in [5.74, 6) is -0.0953. The van der Waals surface area contributed by atoms with Crippen LogP contribution in [-0.2, 0) is 23.0 Å². The monoisotopic (exact) mass is 906 g/mol. The van der Waals surface area contributed by atoms with Gasteiger partial charge in [0, 0.05) is 6.54 Å². The molecule has 256 valence electrons. The molecule has 0 N–H and O–H groups in total. The molecule has 1 unspecified atom stereocenters. The third-order valence-electron chi connectivity index (χ3n) is 7.42. The minimum Gasteiger partial charge on any atom is -0.813 e. The van der Waals surface area contributed by atoms with Crippen LogP contribution in [0.25, 0.3) is 32.8 Å². The number of carbonyl (C=O) groups is 1. The van der Waals surface area contributed by atoms with E-state index in [-0.39, 0.29) is 115 Å². The Morgan fingerprint density at radius 2 is 1.84 bits per heavy atom. The van der Waals surface area contributed by atoms with Crippen LogP contribution in [0, 0.1) is 44.3 Å². The molecule has 0 saturated carbocycles. The Morgan fingerprint density at radius 1 is 1.10 bits per heavy atom. The number of fused-ring (bicyclic) bond motifs is 2. The molecule has 1 saturated heterocycles. The summed E-state index contributed by atoms with van der Waals surface area (Å²) in [7, 11) is 1.41. The van der Waals surface area contributed by atoms with Crippen LogP contribution in [0.1, 0.15) is 32.8 Å². The third kappa shape index (κ3) is 8.48. The molecule has 49 heavy (non-hydrogen) atoms. The summed E-state index contributed by atoms with van der Waals surface area (Å²) in [5.41, 5.74) is -2.00. The molecule has 3 aromatic carbocycles. The Labute approximate surface area is 307 Å². The van der Waals surface area contributed by atoms with Gasteiger partial charge in [0.1, 0.15) is 5.60 Å². The van der Waals surface area contributed by atoms with Gasteiger partial charge in [-0.05, 0) is 20.8 Å². The van der Waals surface area contributed by atoms with Crippen molar-refractivity contribution >= 4 is 82.7 Å². The van der Waals surface area contributed by atoms with Crippen LogP contribution in [0.2, 0.25) is 0 Å². The Kier molecular flexibility index (Phi) is 13.5. The van der Waals surface area contributed by atoms with Crippen LogP contribution in [0.5, 0.6) is 5.75 Å². The first-order valence-corrected chi connectivity index (χ1v) is 16.7. The van der Waals surface area contributed by atoms with E-state index in [4.69, 9.17) is 14.2 Å². The zero-order chi connectivity index (χ0) is 34.0. The van der Waals surface area contributed by atoms with Crippen LogP contribution in [-0.4, -0.2) is 91.9 Å². The largest absolute Gasteiger partial charge is 0.813 e. The quantitative estimate of drug-likeness (QED) is 0.0359. The molecule has 1 fully saturated rings. The standard InChI is InChI=1S/C33H28F4N5O4.H3P.H2S.Tl/c1-6-21-24(34)8-7-18-13-20(45-17-44-5)14-22(26(18)21)27-25(35)15-23-29(28(27)36)39-31(37)40-30(23)41-11-12-42(19(16-41)9-10-38)32(43)46-33(2,3)4;;;/h7-8,13-15,19H,9,11-12,16-17H2,2-5H3;1H3;1H2;/p-1/t19-;;;/m0.../s1. The summed E-state index contributed by atoms with van der Waals surface area (Å²) in [4.78, 5) is 23.4. The average Bonchev–Trinajstić information content (AvgIpc) is 3.01. The summed E-state index contributed by atoms with van der Waals surface area (Å²) in [5, 5.41) is 9.89. The number of carbonyl (C=O) groups excluding carboxylic acids is 1. The fourth-order valence-corrected chi connectivity index (χ4v) is 6.11. The van der Waals surface area contributed by atoms with Crippen molar-refractivity contribution in [3.8, 4) is 32.3 Å². The first-order chi connectivity index (χ1) is 22.4. The van der Waals surface area contributed by atoms with Crippen LogP contribution in [0.3, 0.4) is 0 Å². The molecule has 16 heteroatoms. The predicted molar refractivity (Wildman–Crippen MR) is 186 cm³/mol. The van der Waals surface area contributed by atoms with Crippen molar-refractivity contribution < 1.29 is 36.6 Å². The van der Waals surface area contributed by atoms with Gasteiger partial charge in [0.2, 0.25) is 0 Å². The number of rotatable bonds is 6. The van der Waals surface area contributed by atoms with Crippen molar-refractivity contribution in [1.82, 2.24) is 14.9 Å². The van der Waals surface area contributed by atoms with Crippen LogP contribution in [0.4, 0.5) is 28.2 Å². The maximum Gasteiger partial charge on any atom is -0.153 e. The summed E-state index contributed by atoms with van der Waals surface area (Å²) in [6, 6.07) is 7.93. The number of anilines is 1. The average molecular weight is 906 g/mol. The third-order valence-corrected chi connectivity index (χ3v) is 7.98. The number of nitrogens with zero attached hydrogens (tertiary/aromatic N) is 5. The molecule has 4 aromatic rings. The van der Waals surface area contributed by atoms with Gasteiger partial charge in [0.05, 0.1) is 18.5 Å². The second kappa shape index (κ2) is 16.5. The summed E-state index contributed by atoms with van der Waals surface area (Å²) < 4.78 is 81.8. The molecule has 0 radical (unpaired) electrons. The molecule has 1 amide bonds. The van der Waals surface area contributed by atoms with Crippen LogP contribution in [0.15, 0.2) is 30.3 Å². The van der Waals surface area contributed by atoms with E-state index < -0.39 is 52.3 Å². The second-order valence-corrected chi connectivity index (χ2v) is 12.8. The van der Waals surface area contributed by atoms with Gasteiger partial charge in [-0.15, -0.1) is 0 Å². The molecule has 2 atom stereocenters. The van der Waals surface area contributed by atoms with E-state index in [1.165, 1.54) is 30.2 Å². The van der Waals surface area contributed by atoms with E-state index in [1.807, 2.05) is 6.07 Å². The number of benzene rings is 3. The van der Waals surface area contributed by atoms with Crippen molar-refractivity contribution in [2.45, 2.75) is 38.8 Å². The smallest absolute Gasteiger partial charge is 0.153 e. The van der Waals surface area contributed by atoms with Gasteiger partial charge in [-0.1, -0.05) is 0 Å². The predicted octanol–water partition coefficient (Wildman–Crippen LogP) is 5.59. The minimum atomic E-state index is -1.27. The normalized spacial score (nSPS) is 14.3. The molecule has 2 heterocycles. The van der Waals surface area contributed by atoms with E-state index in [0.29, 0.717) is 5.39 Å². The molecule has 1 aliphatic heterocycles. The number of thiol groups is 1. The van der Waals surface area contributed by atoms with Gasteiger partial charge in [-0.25, -0.2) is 4.79 Å². The van der Waals surface area contributed by atoms with Crippen molar-refractivity contribution in [3.63, 3.8) is 0 Å². The second-order valence-electron chi connectivity index (χ2n) is 11.7. The molecule has 1 aromatic heterocycles. The van der Waals surface area contributed by atoms with Crippen LogP contribution < -0.4 is 9.64 Å². The van der Waals surface area contributed by atoms with E-state index in [9.17, 15) is 10.1 Å². The fraction of sp³-hybridized carbons (Fsp3) is 0.333. The van der Waals surface area contributed by atoms with E-state index in [0.717, 1.165) is 6.07 Å². The first-order valence-electron chi connectivity index (χ1n) is 14.4. The molecule has 0 aliphatic carbocycles. The molecular formula is C33H32F4N5O4PSTl-. The number of aromatic nitrogens is 2. The van der Waals surface area contributed by atoms with Gasteiger partial charge in [-0.2, -0.15) is 15.2 Å². The number of piperazine rings is 1. The Morgan fingerprint density at radius 3 is 2.49 bits per heavy atom. The van der Waals surface area contributed by atoms with Crippen molar-refractivity contribution in [2.24, 2.45) is 0 Å². The number of methoxy groups -OCH3 is 1. The zero-order valence-corrected chi connectivity index (χ0v) is 33.9. The number of amides is 1. The summed E-state index contributed by atoms with van der Waals surface area (Å²) in [6.45, 7) is 5.17. The van der Waals surface area contributed by atoms with E-state index >= 15 is 17.6 Å². The van der Waals surface area contributed by atoms with E-state index in [1.54, 1.807) is 31.7 Å². The van der Waals surface area contributed by atoms with Crippen molar-refractivity contribution in [2.75, 3.05) is 38.4 Å². The summed E-state index contributed by atoms with van der Waals surface area (Å²) >= 11 is 0.202. The minimum absolute atomic E-state index is 0. The van der Waals surface area contributed by atoms with Gasteiger partial charge in [0.25, 0.3) is 0 Å². The molecule has 9 nitrogen and oxygen atoms in total. The molecule has 1 aliphatic rings. The Balaban J connectivity index is 0.00000325. The number of ether oxygens (including phenoxy) is 3. The molecule has 0 bridgehead atoms. The van der Waals surface area contributed by atoms with Gasteiger partial charge in [-0.3, -0.25) is 0 Å². The maximum absolute atomic E-state index is 16.6. The van der Waals surface area contributed by atoms with Crippen molar-refractivity contribution in [1.29, 1.82) is 5.26 Å². The maximum atomic E-state index is 16.6. The molecular weight excluding hydrogens is 874 g/mol. The number of hydrogen-bond donors (Lipinski definition) is 0. The first kappa shape index (κ1) is 40.0. The number of nitriles is 1. The number of hydrogen-bond acceptors (Lipinski definition) is 9. The van der Waals surface area contributed by atoms with Crippen molar-refractivity contribution in [3.05, 3.63) is 59.4 Å². The Hall–Kier alpha value is -3.44. The Bertz CT molecular complexity index is 2000. The number of halogens is 4. The SMILES string of the molecule is COCOc1cc(-c2c(F)cc3c(N4CCN(C(=O)OC(C)(C)C)[C@@H](CC#N)C4)nc(F)nc3c2F)c2c(C#[C][Tl])c(F)ccc2c1.P.[SH-]. The van der Waals surface area contributed by atoms with E-state index in [2.05, 4.69) is 19.4 Å². The van der Waals surface area contributed by atoms with Gasteiger partial charge < -0.3 is 23.1 Å². The summed E-state index contributed by atoms with van der Waals surface area (Å²) in [6.07, 6.45) is -1.97. The van der Waals surface area contributed by atoms with Gasteiger partial charge >= 0.3 is 214 Å². The van der Waals surface area contributed by atoms with Gasteiger partial charge in [0.15, 0.2) is 0 Å².